The summed E-state index contributed by atoms with van der Waals surface area (Å²) < 4.78 is 5.64. The van der Waals surface area contributed by atoms with E-state index in [4.69, 9.17) is 16.0 Å². The molecular formula is C16H16ClN3O3. The van der Waals surface area contributed by atoms with Crippen molar-refractivity contribution >= 4 is 23.5 Å². The summed E-state index contributed by atoms with van der Waals surface area (Å²) in [6, 6.07) is 6.30. The Morgan fingerprint density at radius 1 is 1.30 bits per heavy atom. The van der Waals surface area contributed by atoms with Gasteiger partial charge in [0.1, 0.15) is 12.6 Å². The number of oxazole rings is 1. The van der Waals surface area contributed by atoms with Crippen molar-refractivity contribution in [2.75, 3.05) is 0 Å². The fourth-order valence-electron chi connectivity index (χ4n) is 2.48. The number of carbonyl (C=O) groups excluding carboxylic acids is 2. The quantitative estimate of drug-likeness (QED) is 0.852. The average Bonchev–Trinajstić information content (AvgIpc) is 3.10. The standard InChI is InChI=1S/C16H16ClN3O3/c1-2-3-12-15(21)20(16(22)19-12)9-14-18-8-13(23-14)10-4-6-11(17)7-5-10/h4-8,12H,2-3,9H2,1H3,(H,19,22)/t12-/m1/s1. The molecule has 3 amide bonds. The number of amides is 3. The van der Waals surface area contributed by atoms with E-state index >= 15 is 0 Å². The molecule has 0 aliphatic carbocycles. The maximum absolute atomic E-state index is 12.2. The Morgan fingerprint density at radius 2 is 2.04 bits per heavy atom. The molecule has 1 fully saturated rings. The number of imide groups is 1. The van der Waals surface area contributed by atoms with Gasteiger partial charge in [0.2, 0.25) is 5.89 Å². The number of urea groups is 1. The summed E-state index contributed by atoms with van der Waals surface area (Å²) in [5.74, 6) is 0.646. The molecule has 7 heteroatoms. The van der Waals surface area contributed by atoms with Gasteiger partial charge in [0.05, 0.1) is 6.20 Å². The topological polar surface area (TPSA) is 75.4 Å². The number of halogens is 1. The minimum absolute atomic E-state index is 0.0263. The van der Waals surface area contributed by atoms with Crippen molar-refractivity contribution in [3.63, 3.8) is 0 Å². The molecule has 0 saturated carbocycles. The summed E-state index contributed by atoms with van der Waals surface area (Å²) in [5.41, 5.74) is 0.828. The number of rotatable bonds is 5. The molecule has 23 heavy (non-hydrogen) atoms. The largest absolute Gasteiger partial charge is 0.439 e. The van der Waals surface area contributed by atoms with E-state index in [0.717, 1.165) is 16.9 Å². The lowest BCUT2D eigenvalue weighted by Crippen LogP contribution is -2.31. The lowest BCUT2D eigenvalue weighted by Gasteiger charge is -2.10. The van der Waals surface area contributed by atoms with Crippen molar-refractivity contribution in [1.29, 1.82) is 0 Å². The molecule has 3 rings (SSSR count). The van der Waals surface area contributed by atoms with Crippen LogP contribution in [0.2, 0.25) is 5.02 Å². The molecule has 2 aromatic rings. The molecular weight excluding hydrogens is 318 g/mol. The van der Waals surface area contributed by atoms with E-state index in [9.17, 15) is 9.59 Å². The van der Waals surface area contributed by atoms with Gasteiger partial charge < -0.3 is 9.73 Å². The first-order chi connectivity index (χ1) is 11.1. The van der Waals surface area contributed by atoms with Crippen molar-refractivity contribution in [2.24, 2.45) is 0 Å². The summed E-state index contributed by atoms with van der Waals surface area (Å²) in [4.78, 5) is 29.4. The van der Waals surface area contributed by atoms with Crippen LogP contribution in [0.4, 0.5) is 4.79 Å². The highest BCUT2D eigenvalue weighted by molar-refractivity contribution is 6.30. The van der Waals surface area contributed by atoms with Crippen molar-refractivity contribution in [3.8, 4) is 11.3 Å². The smallest absolute Gasteiger partial charge is 0.325 e. The van der Waals surface area contributed by atoms with Crippen LogP contribution in [-0.2, 0) is 11.3 Å². The number of nitrogens with zero attached hydrogens (tertiary/aromatic N) is 2. The molecule has 0 bridgehead atoms. The van der Waals surface area contributed by atoms with Gasteiger partial charge in [-0.3, -0.25) is 9.69 Å². The highest BCUT2D eigenvalue weighted by atomic mass is 35.5. The van der Waals surface area contributed by atoms with Gasteiger partial charge >= 0.3 is 6.03 Å². The van der Waals surface area contributed by atoms with Gasteiger partial charge in [-0.25, -0.2) is 9.78 Å². The number of carbonyl (C=O) groups is 2. The van der Waals surface area contributed by atoms with Crippen molar-refractivity contribution in [1.82, 2.24) is 15.2 Å². The van der Waals surface area contributed by atoms with Gasteiger partial charge in [0.15, 0.2) is 5.76 Å². The van der Waals surface area contributed by atoms with Gasteiger partial charge in [0, 0.05) is 10.6 Å². The van der Waals surface area contributed by atoms with Crippen molar-refractivity contribution in [2.45, 2.75) is 32.4 Å². The fraction of sp³-hybridized carbons (Fsp3) is 0.312. The van der Waals surface area contributed by atoms with Crippen LogP contribution in [0, 0.1) is 0 Å². The van der Waals surface area contributed by atoms with E-state index in [1.807, 2.05) is 19.1 Å². The highest BCUT2D eigenvalue weighted by Crippen LogP contribution is 2.23. The van der Waals surface area contributed by atoms with Crippen LogP contribution in [-0.4, -0.2) is 27.9 Å². The highest BCUT2D eigenvalue weighted by Gasteiger charge is 2.37. The second-order valence-electron chi connectivity index (χ2n) is 5.34. The van der Waals surface area contributed by atoms with Gasteiger partial charge in [-0.15, -0.1) is 0 Å². The predicted octanol–water partition coefficient (Wildman–Crippen LogP) is 3.22. The van der Waals surface area contributed by atoms with Crippen LogP contribution in [0.5, 0.6) is 0 Å². The predicted molar refractivity (Wildman–Crippen MR) is 84.7 cm³/mol. The van der Waals surface area contributed by atoms with E-state index in [-0.39, 0.29) is 12.5 Å². The number of nitrogens with one attached hydrogen (secondary N) is 1. The Balaban J connectivity index is 1.73. The van der Waals surface area contributed by atoms with Crippen molar-refractivity contribution in [3.05, 3.63) is 41.4 Å². The molecule has 1 aliphatic heterocycles. The molecule has 1 saturated heterocycles. The number of hydrogen-bond acceptors (Lipinski definition) is 4. The number of hydrogen-bond donors (Lipinski definition) is 1. The third-order valence-electron chi connectivity index (χ3n) is 3.66. The zero-order chi connectivity index (χ0) is 16.4. The molecule has 0 radical (unpaired) electrons. The van der Waals surface area contributed by atoms with E-state index in [1.54, 1.807) is 18.3 Å². The average molecular weight is 334 g/mol. The number of aromatic nitrogens is 1. The first-order valence-corrected chi connectivity index (χ1v) is 7.78. The Kier molecular flexibility index (Phi) is 4.34. The summed E-state index contributed by atoms with van der Waals surface area (Å²) in [5, 5.41) is 3.31. The zero-order valence-corrected chi connectivity index (χ0v) is 13.3. The maximum Gasteiger partial charge on any atom is 0.325 e. The molecule has 6 nitrogen and oxygen atoms in total. The zero-order valence-electron chi connectivity index (χ0n) is 12.6. The van der Waals surface area contributed by atoms with E-state index in [0.29, 0.717) is 23.1 Å². The summed E-state index contributed by atoms with van der Waals surface area (Å²) in [6.07, 6.45) is 3.02. The van der Waals surface area contributed by atoms with Crippen molar-refractivity contribution < 1.29 is 14.0 Å². The molecule has 0 spiro atoms. The lowest BCUT2D eigenvalue weighted by molar-refractivity contribution is -0.128. The van der Waals surface area contributed by atoms with E-state index in [1.165, 1.54) is 0 Å². The Labute approximate surface area is 138 Å². The Bertz CT molecular complexity index is 726. The second kappa shape index (κ2) is 6.42. The van der Waals surface area contributed by atoms with Crippen LogP contribution >= 0.6 is 11.6 Å². The van der Waals surface area contributed by atoms with Crippen LogP contribution in [0.3, 0.4) is 0 Å². The monoisotopic (exact) mass is 333 g/mol. The van der Waals surface area contributed by atoms with Gasteiger partial charge in [-0.1, -0.05) is 24.9 Å². The molecule has 0 unspecified atom stereocenters. The molecule has 1 aromatic carbocycles. The van der Waals surface area contributed by atoms with E-state index in [2.05, 4.69) is 10.3 Å². The lowest BCUT2D eigenvalue weighted by atomic mass is 10.2. The van der Waals surface area contributed by atoms with Gasteiger partial charge in [-0.2, -0.15) is 0 Å². The first-order valence-electron chi connectivity index (χ1n) is 7.41. The van der Waals surface area contributed by atoms with Crippen LogP contribution in [0.25, 0.3) is 11.3 Å². The normalized spacial score (nSPS) is 17.7. The maximum atomic E-state index is 12.2. The third-order valence-corrected chi connectivity index (χ3v) is 3.91. The minimum Gasteiger partial charge on any atom is -0.439 e. The van der Waals surface area contributed by atoms with Crippen LogP contribution in [0.15, 0.2) is 34.9 Å². The minimum atomic E-state index is -0.446. The Hall–Kier alpha value is -2.34. The first kappa shape index (κ1) is 15.6. The van der Waals surface area contributed by atoms with E-state index < -0.39 is 12.1 Å². The van der Waals surface area contributed by atoms with Crippen LogP contribution < -0.4 is 5.32 Å². The molecule has 1 aliphatic rings. The summed E-state index contributed by atoms with van der Waals surface area (Å²) in [7, 11) is 0. The number of benzene rings is 1. The SMILES string of the molecule is CCC[C@H]1NC(=O)N(Cc2ncc(-c3ccc(Cl)cc3)o2)C1=O. The molecule has 120 valence electrons. The second-order valence-corrected chi connectivity index (χ2v) is 5.78. The van der Waals surface area contributed by atoms with Crippen LogP contribution in [0.1, 0.15) is 25.7 Å². The summed E-state index contributed by atoms with van der Waals surface area (Å²) in [6.45, 7) is 1.99. The Morgan fingerprint density at radius 3 is 2.74 bits per heavy atom. The van der Waals surface area contributed by atoms with Gasteiger partial charge in [0.25, 0.3) is 5.91 Å². The third kappa shape index (κ3) is 3.22. The van der Waals surface area contributed by atoms with Gasteiger partial charge in [-0.05, 0) is 30.7 Å². The molecule has 1 atom stereocenters. The molecule has 2 heterocycles. The summed E-state index contributed by atoms with van der Waals surface area (Å²) >= 11 is 5.85. The molecule has 1 aromatic heterocycles. The fourth-order valence-corrected chi connectivity index (χ4v) is 2.60. The molecule has 1 N–H and O–H groups in total.